The molecule has 0 spiro atoms. The van der Waals surface area contributed by atoms with Crippen molar-refractivity contribution in [2.75, 3.05) is 11.9 Å². The zero-order valence-corrected chi connectivity index (χ0v) is 17.4. The van der Waals surface area contributed by atoms with Gasteiger partial charge in [0.15, 0.2) is 0 Å². The number of hydrogen-bond donors (Lipinski definition) is 1. The summed E-state index contributed by atoms with van der Waals surface area (Å²) < 4.78 is 48.9. The molecule has 0 amide bonds. The number of alkyl halides is 3. The van der Waals surface area contributed by atoms with Gasteiger partial charge in [-0.15, -0.1) is 0 Å². The van der Waals surface area contributed by atoms with E-state index in [0.29, 0.717) is 6.42 Å². The van der Waals surface area contributed by atoms with E-state index in [1.165, 1.54) is 19.1 Å². The number of hydrogen-bond acceptors (Lipinski definition) is 6. The summed E-state index contributed by atoms with van der Waals surface area (Å²) in [6, 6.07) is 5.35. The number of esters is 1. The Bertz CT molecular complexity index is 953. The van der Waals surface area contributed by atoms with Gasteiger partial charge in [0, 0.05) is 12.1 Å². The minimum atomic E-state index is -4.56. The van der Waals surface area contributed by atoms with Gasteiger partial charge in [-0.3, -0.25) is 10.1 Å². The first-order chi connectivity index (χ1) is 14.5. The molecule has 0 aliphatic rings. The summed E-state index contributed by atoms with van der Waals surface area (Å²) in [5.41, 5.74) is -1.28. The highest BCUT2D eigenvalue weighted by Gasteiger charge is 2.31. The van der Waals surface area contributed by atoms with Gasteiger partial charge in [-0.25, -0.2) is 4.79 Å². The predicted molar refractivity (Wildman–Crippen MR) is 109 cm³/mol. The number of carbonyl (C=O) groups is 1. The summed E-state index contributed by atoms with van der Waals surface area (Å²) in [6.07, 6.45) is -3.03. The highest BCUT2D eigenvalue weighted by Crippen LogP contribution is 2.38. The van der Waals surface area contributed by atoms with Crippen LogP contribution in [-0.4, -0.2) is 23.5 Å². The number of benzene rings is 2. The molecule has 1 atom stereocenters. The molecule has 0 aromatic heterocycles. The van der Waals surface area contributed by atoms with Crippen LogP contribution in [0.5, 0.6) is 11.5 Å². The summed E-state index contributed by atoms with van der Waals surface area (Å²) >= 11 is 5.88. The SMILES string of the molecule is CCCCOC(=O)C(C)Nc1cc(Oc2ccc(C(F)(F)F)cc2Cl)ccc1[N+](=O)[O-]. The minimum absolute atomic E-state index is 0.0227. The van der Waals surface area contributed by atoms with Gasteiger partial charge in [-0.2, -0.15) is 13.2 Å². The van der Waals surface area contributed by atoms with Gasteiger partial charge in [0.1, 0.15) is 23.2 Å². The van der Waals surface area contributed by atoms with Gasteiger partial charge in [-0.1, -0.05) is 24.9 Å². The molecule has 168 valence electrons. The van der Waals surface area contributed by atoms with Crippen molar-refractivity contribution in [2.24, 2.45) is 0 Å². The second-order valence-corrected chi connectivity index (χ2v) is 6.98. The Morgan fingerprint density at radius 1 is 1.26 bits per heavy atom. The van der Waals surface area contributed by atoms with Gasteiger partial charge < -0.3 is 14.8 Å². The third-order valence-corrected chi connectivity index (χ3v) is 4.41. The molecule has 2 aromatic carbocycles. The summed E-state index contributed by atoms with van der Waals surface area (Å²) in [5.74, 6) is -0.581. The van der Waals surface area contributed by atoms with Crippen LogP contribution in [0.15, 0.2) is 36.4 Å². The summed E-state index contributed by atoms with van der Waals surface area (Å²) in [5, 5.41) is 13.7. The first-order valence-corrected chi connectivity index (χ1v) is 9.67. The maximum atomic E-state index is 12.8. The first kappa shape index (κ1) is 24.3. The zero-order chi connectivity index (χ0) is 23.2. The van der Waals surface area contributed by atoms with Crippen molar-refractivity contribution in [1.29, 1.82) is 0 Å². The Kier molecular flexibility index (Phi) is 8.09. The molecular weight excluding hydrogens is 441 g/mol. The van der Waals surface area contributed by atoms with Crippen molar-refractivity contribution < 1.29 is 32.4 Å². The van der Waals surface area contributed by atoms with Crippen LogP contribution in [0.4, 0.5) is 24.5 Å². The van der Waals surface area contributed by atoms with Gasteiger partial charge in [0.25, 0.3) is 5.69 Å². The fraction of sp³-hybridized carbons (Fsp3) is 0.350. The van der Waals surface area contributed by atoms with E-state index < -0.39 is 28.7 Å². The lowest BCUT2D eigenvalue weighted by atomic mass is 10.2. The van der Waals surface area contributed by atoms with Crippen molar-refractivity contribution in [3.8, 4) is 11.5 Å². The molecule has 0 aliphatic carbocycles. The lowest BCUT2D eigenvalue weighted by Gasteiger charge is -2.16. The zero-order valence-electron chi connectivity index (χ0n) is 16.7. The van der Waals surface area contributed by atoms with E-state index in [9.17, 15) is 28.1 Å². The molecule has 0 fully saturated rings. The lowest BCUT2D eigenvalue weighted by molar-refractivity contribution is -0.384. The number of carbonyl (C=O) groups excluding carboxylic acids is 1. The van der Waals surface area contributed by atoms with Crippen molar-refractivity contribution in [2.45, 2.75) is 38.9 Å². The van der Waals surface area contributed by atoms with Crippen LogP contribution in [-0.2, 0) is 15.7 Å². The number of ether oxygens (including phenoxy) is 2. The van der Waals surface area contributed by atoms with Crippen molar-refractivity contribution in [3.63, 3.8) is 0 Å². The molecule has 31 heavy (non-hydrogen) atoms. The van der Waals surface area contributed by atoms with Crippen LogP contribution in [0, 0.1) is 10.1 Å². The maximum absolute atomic E-state index is 12.8. The fourth-order valence-electron chi connectivity index (χ4n) is 2.47. The average Bonchev–Trinajstić information content (AvgIpc) is 2.68. The van der Waals surface area contributed by atoms with Crippen LogP contribution < -0.4 is 10.1 Å². The lowest BCUT2D eigenvalue weighted by Crippen LogP contribution is -2.28. The topological polar surface area (TPSA) is 90.7 Å². The second-order valence-electron chi connectivity index (χ2n) is 6.57. The number of unbranched alkanes of at least 4 members (excludes halogenated alkanes) is 1. The van der Waals surface area contributed by atoms with Crippen molar-refractivity contribution in [3.05, 3.63) is 57.1 Å². The Morgan fingerprint density at radius 3 is 2.55 bits per heavy atom. The van der Waals surface area contributed by atoms with Crippen LogP contribution in [0.25, 0.3) is 0 Å². The molecule has 1 unspecified atom stereocenters. The normalized spacial score (nSPS) is 12.2. The highest BCUT2D eigenvalue weighted by atomic mass is 35.5. The van der Waals surface area contributed by atoms with Crippen LogP contribution in [0.3, 0.4) is 0 Å². The molecular formula is C20H20ClF3N2O5. The van der Waals surface area contributed by atoms with Gasteiger partial charge in [0.2, 0.25) is 0 Å². The van der Waals surface area contributed by atoms with Gasteiger partial charge in [0.05, 0.1) is 22.1 Å². The fourth-order valence-corrected chi connectivity index (χ4v) is 2.69. The monoisotopic (exact) mass is 460 g/mol. The molecule has 2 rings (SSSR count). The third-order valence-electron chi connectivity index (χ3n) is 4.12. The quantitative estimate of drug-likeness (QED) is 0.207. The molecule has 7 nitrogen and oxygen atoms in total. The van der Waals surface area contributed by atoms with E-state index in [0.717, 1.165) is 30.7 Å². The predicted octanol–water partition coefficient (Wildman–Crippen LogP) is 6.20. The molecule has 0 aliphatic heterocycles. The van der Waals surface area contributed by atoms with E-state index in [4.69, 9.17) is 21.1 Å². The standard InChI is InChI=1S/C20H20ClF3N2O5/c1-3-4-9-30-19(27)12(2)25-16-11-14(6-7-17(16)26(28)29)31-18-8-5-13(10-15(18)21)20(22,23)24/h5-8,10-12,25H,3-4,9H2,1-2H3. The van der Waals surface area contributed by atoms with Gasteiger partial charge in [-0.05, 0) is 37.6 Å². The number of rotatable bonds is 9. The molecule has 0 radical (unpaired) electrons. The Hall–Kier alpha value is -3.01. The van der Waals surface area contributed by atoms with E-state index >= 15 is 0 Å². The smallest absolute Gasteiger partial charge is 0.416 e. The Morgan fingerprint density at radius 2 is 1.97 bits per heavy atom. The number of nitro benzene ring substituents is 1. The minimum Gasteiger partial charge on any atom is -0.464 e. The van der Waals surface area contributed by atoms with E-state index in [-0.39, 0.29) is 34.5 Å². The Balaban J connectivity index is 2.23. The Labute approximate surface area is 181 Å². The maximum Gasteiger partial charge on any atom is 0.416 e. The van der Waals surface area contributed by atoms with Crippen LogP contribution >= 0.6 is 11.6 Å². The highest BCUT2D eigenvalue weighted by molar-refractivity contribution is 6.32. The van der Waals surface area contributed by atoms with E-state index in [1.807, 2.05) is 6.92 Å². The molecule has 0 bridgehead atoms. The van der Waals surface area contributed by atoms with Crippen molar-refractivity contribution >= 4 is 28.9 Å². The van der Waals surface area contributed by atoms with Crippen molar-refractivity contribution in [1.82, 2.24) is 0 Å². The number of anilines is 1. The molecule has 0 saturated carbocycles. The number of nitro groups is 1. The van der Waals surface area contributed by atoms with E-state index in [1.54, 1.807) is 0 Å². The molecule has 1 N–H and O–H groups in total. The number of halogens is 4. The largest absolute Gasteiger partial charge is 0.464 e. The molecule has 0 heterocycles. The summed E-state index contributed by atoms with van der Waals surface area (Å²) in [6.45, 7) is 3.66. The first-order valence-electron chi connectivity index (χ1n) is 9.29. The molecule has 11 heteroatoms. The third kappa shape index (κ3) is 6.74. The van der Waals surface area contributed by atoms with Crippen LogP contribution in [0.2, 0.25) is 5.02 Å². The average molecular weight is 461 g/mol. The van der Waals surface area contributed by atoms with Crippen LogP contribution in [0.1, 0.15) is 32.3 Å². The van der Waals surface area contributed by atoms with E-state index in [2.05, 4.69) is 5.32 Å². The number of nitrogens with zero attached hydrogens (tertiary/aromatic N) is 1. The molecule has 2 aromatic rings. The second kappa shape index (κ2) is 10.3. The summed E-state index contributed by atoms with van der Waals surface area (Å²) in [7, 11) is 0. The number of nitrogens with one attached hydrogen (secondary N) is 1. The molecule has 0 saturated heterocycles. The van der Waals surface area contributed by atoms with Gasteiger partial charge >= 0.3 is 12.1 Å². The summed E-state index contributed by atoms with van der Waals surface area (Å²) in [4.78, 5) is 22.7.